The van der Waals surface area contributed by atoms with Gasteiger partial charge in [-0.25, -0.2) is 0 Å². The predicted molar refractivity (Wildman–Crippen MR) is 101 cm³/mol. The first kappa shape index (κ1) is 16.0. The minimum absolute atomic E-state index is 0.739. The van der Waals surface area contributed by atoms with Crippen molar-refractivity contribution in [2.24, 2.45) is 0 Å². The minimum Gasteiger partial charge on any atom is -0.461 e. The summed E-state index contributed by atoms with van der Waals surface area (Å²) in [5.41, 5.74) is 3.93. The molecule has 0 amide bonds. The van der Waals surface area contributed by atoms with Gasteiger partial charge in [0.05, 0.1) is 0 Å². The number of rotatable bonds is 4. The average Bonchev–Trinajstić information content (AvgIpc) is 3.08. The Morgan fingerprint density at radius 3 is 2.96 bits per heavy atom. The van der Waals surface area contributed by atoms with E-state index in [-0.39, 0.29) is 0 Å². The fourth-order valence-electron chi connectivity index (χ4n) is 4.26. The maximum absolute atomic E-state index is 6.17. The quantitative estimate of drug-likeness (QED) is 0.706. The molecule has 2 nitrogen and oxygen atoms in total. The zero-order chi connectivity index (χ0) is 16.4. The molecular formula is C22H29NO. The third kappa shape index (κ3) is 3.44. The predicted octanol–water partition coefficient (Wildman–Crippen LogP) is 5.81. The molecule has 1 fully saturated rings. The molecule has 24 heavy (non-hydrogen) atoms. The van der Waals surface area contributed by atoms with Gasteiger partial charge in [0, 0.05) is 24.4 Å². The van der Waals surface area contributed by atoms with E-state index in [1.54, 1.807) is 0 Å². The monoisotopic (exact) mass is 323 g/mol. The van der Waals surface area contributed by atoms with Crippen LogP contribution in [0.4, 0.5) is 0 Å². The number of fused-ring (bicyclic) bond motifs is 1. The topological polar surface area (TPSA) is 16.4 Å². The molecule has 0 spiro atoms. The first-order chi connectivity index (χ1) is 11.8. The fourth-order valence-corrected chi connectivity index (χ4v) is 4.26. The van der Waals surface area contributed by atoms with Gasteiger partial charge in [0.25, 0.3) is 0 Å². The Balaban J connectivity index is 1.49. The van der Waals surface area contributed by atoms with Gasteiger partial charge in [-0.05, 0) is 75.3 Å². The van der Waals surface area contributed by atoms with Crippen LogP contribution in [0.1, 0.15) is 63.2 Å². The third-order valence-electron chi connectivity index (χ3n) is 5.82. The van der Waals surface area contributed by atoms with Crippen molar-refractivity contribution in [3.05, 3.63) is 41.7 Å². The summed E-state index contributed by atoms with van der Waals surface area (Å²) in [5, 5.41) is 1.25. The minimum atomic E-state index is 0.739. The maximum Gasteiger partial charge on any atom is 0.134 e. The lowest BCUT2D eigenvalue weighted by Gasteiger charge is -2.19. The molecule has 2 heterocycles. The summed E-state index contributed by atoms with van der Waals surface area (Å²) in [5.74, 6) is 1.14. The van der Waals surface area contributed by atoms with Gasteiger partial charge in [0.1, 0.15) is 11.3 Å². The molecule has 0 bridgehead atoms. The van der Waals surface area contributed by atoms with Gasteiger partial charge in [0.15, 0.2) is 0 Å². The van der Waals surface area contributed by atoms with Crippen molar-refractivity contribution in [2.75, 3.05) is 13.1 Å². The number of hydrogen-bond acceptors (Lipinski definition) is 2. The molecule has 2 aromatic rings. The third-order valence-corrected chi connectivity index (χ3v) is 5.82. The normalized spacial score (nSPS) is 22.7. The molecule has 1 atom stereocenters. The van der Waals surface area contributed by atoms with E-state index in [0.29, 0.717) is 0 Å². The van der Waals surface area contributed by atoms with Crippen molar-refractivity contribution in [1.82, 2.24) is 4.90 Å². The van der Waals surface area contributed by atoms with Crippen molar-refractivity contribution in [1.29, 1.82) is 0 Å². The van der Waals surface area contributed by atoms with Crippen LogP contribution < -0.4 is 0 Å². The van der Waals surface area contributed by atoms with Gasteiger partial charge in [0.2, 0.25) is 0 Å². The number of furan rings is 1. The van der Waals surface area contributed by atoms with Crippen molar-refractivity contribution >= 4 is 16.5 Å². The lowest BCUT2D eigenvalue weighted by atomic mass is 10.0. The first-order valence-corrected chi connectivity index (χ1v) is 9.75. The number of nitrogens with zero attached hydrogens (tertiary/aromatic N) is 1. The highest BCUT2D eigenvalue weighted by atomic mass is 16.3. The van der Waals surface area contributed by atoms with E-state index in [1.165, 1.54) is 68.0 Å². The lowest BCUT2D eigenvalue weighted by molar-refractivity contribution is 0.266. The van der Waals surface area contributed by atoms with Crippen molar-refractivity contribution in [2.45, 2.75) is 64.3 Å². The second-order valence-corrected chi connectivity index (χ2v) is 7.57. The van der Waals surface area contributed by atoms with Crippen LogP contribution >= 0.6 is 0 Å². The zero-order valence-corrected chi connectivity index (χ0v) is 14.9. The average molecular weight is 323 g/mol. The molecule has 1 aliphatic heterocycles. The number of hydrogen-bond donors (Lipinski definition) is 0. The van der Waals surface area contributed by atoms with Gasteiger partial charge in [-0.3, -0.25) is 0 Å². The van der Waals surface area contributed by atoms with Crippen LogP contribution in [0, 0.1) is 0 Å². The molecule has 1 aliphatic carbocycles. The van der Waals surface area contributed by atoms with Crippen LogP contribution in [0.5, 0.6) is 0 Å². The van der Waals surface area contributed by atoms with E-state index in [0.717, 1.165) is 30.4 Å². The van der Waals surface area contributed by atoms with Crippen molar-refractivity contribution < 1.29 is 4.42 Å². The molecule has 4 rings (SSSR count). The SMILES string of the molecule is CC1CCCN1CCc1cc2ccc(C3=CCCCCC3)cc2o1. The highest BCUT2D eigenvalue weighted by Crippen LogP contribution is 2.30. The second-order valence-electron chi connectivity index (χ2n) is 7.57. The molecule has 1 unspecified atom stereocenters. The van der Waals surface area contributed by atoms with E-state index < -0.39 is 0 Å². The highest BCUT2D eigenvalue weighted by molar-refractivity contribution is 5.82. The highest BCUT2D eigenvalue weighted by Gasteiger charge is 2.20. The largest absolute Gasteiger partial charge is 0.461 e. The maximum atomic E-state index is 6.17. The molecule has 0 radical (unpaired) electrons. The summed E-state index contributed by atoms with van der Waals surface area (Å²) >= 11 is 0. The van der Waals surface area contributed by atoms with Gasteiger partial charge in [-0.15, -0.1) is 0 Å². The Hall–Kier alpha value is -1.54. The summed E-state index contributed by atoms with van der Waals surface area (Å²) < 4.78 is 6.17. The van der Waals surface area contributed by atoms with Gasteiger partial charge >= 0.3 is 0 Å². The smallest absolute Gasteiger partial charge is 0.134 e. The standard InChI is InChI=1S/C22H29NO/c1-17-7-6-13-23(17)14-12-21-15-20-11-10-19(16-22(20)24-21)18-8-4-2-3-5-9-18/h8,10-11,15-17H,2-7,9,12-14H2,1H3. The van der Waals surface area contributed by atoms with Crippen LogP contribution in [0.15, 0.2) is 34.8 Å². The van der Waals surface area contributed by atoms with Crippen LogP contribution in [-0.4, -0.2) is 24.0 Å². The number of likely N-dealkylation sites (tertiary alicyclic amines) is 1. The molecule has 2 heteroatoms. The van der Waals surface area contributed by atoms with Crippen molar-refractivity contribution in [3.63, 3.8) is 0 Å². The summed E-state index contributed by atoms with van der Waals surface area (Å²) in [6.07, 6.45) is 12.6. The van der Waals surface area contributed by atoms with E-state index in [1.807, 2.05) is 0 Å². The van der Waals surface area contributed by atoms with E-state index in [9.17, 15) is 0 Å². The van der Waals surface area contributed by atoms with E-state index in [4.69, 9.17) is 4.42 Å². The Morgan fingerprint density at radius 2 is 2.08 bits per heavy atom. The molecule has 0 N–H and O–H groups in total. The summed E-state index contributed by atoms with van der Waals surface area (Å²) in [7, 11) is 0. The summed E-state index contributed by atoms with van der Waals surface area (Å²) in [6.45, 7) is 4.72. The Labute approximate surface area is 145 Å². The molecule has 1 aromatic heterocycles. The second kappa shape index (κ2) is 7.14. The van der Waals surface area contributed by atoms with Crippen LogP contribution in [0.2, 0.25) is 0 Å². The van der Waals surface area contributed by atoms with E-state index >= 15 is 0 Å². The van der Waals surface area contributed by atoms with Crippen LogP contribution in [-0.2, 0) is 6.42 Å². The van der Waals surface area contributed by atoms with Gasteiger partial charge in [-0.2, -0.15) is 0 Å². The van der Waals surface area contributed by atoms with Crippen molar-refractivity contribution in [3.8, 4) is 0 Å². The molecule has 1 aromatic carbocycles. The fraction of sp³-hybridized carbons (Fsp3) is 0.545. The summed E-state index contributed by atoms with van der Waals surface area (Å²) in [6, 6.07) is 9.75. The molecule has 128 valence electrons. The van der Waals surface area contributed by atoms with Crippen LogP contribution in [0.3, 0.4) is 0 Å². The Bertz CT molecular complexity index is 727. The zero-order valence-electron chi connectivity index (χ0n) is 14.9. The van der Waals surface area contributed by atoms with E-state index in [2.05, 4.69) is 42.2 Å². The molecule has 0 saturated carbocycles. The molecular weight excluding hydrogens is 294 g/mol. The van der Waals surface area contributed by atoms with Gasteiger partial charge < -0.3 is 9.32 Å². The van der Waals surface area contributed by atoms with Crippen LogP contribution in [0.25, 0.3) is 16.5 Å². The molecule has 1 saturated heterocycles. The Morgan fingerprint density at radius 1 is 1.12 bits per heavy atom. The first-order valence-electron chi connectivity index (χ1n) is 9.75. The summed E-state index contributed by atoms with van der Waals surface area (Å²) in [4.78, 5) is 2.59. The van der Waals surface area contributed by atoms with Gasteiger partial charge in [-0.1, -0.05) is 24.6 Å². The Kier molecular flexibility index (Phi) is 4.75. The number of allylic oxidation sites excluding steroid dienone is 2. The number of benzene rings is 1. The lowest BCUT2D eigenvalue weighted by Crippen LogP contribution is -2.28. The molecule has 2 aliphatic rings.